The van der Waals surface area contributed by atoms with E-state index in [0.29, 0.717) is 0 Å². The normalized spacial score (nSPS) is 19.3. The highest BCUT2D eigenvalue weighted by Gasteiger charge is 2.38. The molecule has 0 saturated heterocycles. The average Bonchev–Trinajstić information content (AvgIpc) is 2.52. The van der Waals surface area contributed by atoms with Crippen molar-refractivity contribution < 1.29 is 31.5 Å². The summed E-state index contributed by atoms with van der Waals surface area (Å²) in [5, 5.41) is 2.55. The molecule has 0 bridgehead atoms. The van der Waals surface area contributed by atoms with Crippen molar-refractivity contribution >= 4 is 5.91 Å². The highest BCUT2D eigenvalue weighted by Crippen LogP contribution is 2.36. The Labute approximate surface area is 141 Å². The molecule has 0 radical (unpaired) electrons. The fourth-order valence-electron chi connectivity index (χ4n) is 2.41. The SMILES string of the molecule is C[C@@H](Oc1cc(CNC(=O)C2CCC(F)(F)CC2)ncn1)C(F)(F)F. The largest absolute Gasteiger partial charge is 0.465 e. The van der Waals surface area contributed by atoms with E-state index in [4.69, 9.17) is 4.74 Å². The summed E-state index contributed by atoms with van der Waals surface area (Å²) in [6.07, 6.45) is -5.99. The Morgan fingerprint density at radius 3 is 2.60 bits per heavy atom. The van der Waals surface area contributed by atoms with Crippen molar-refractivity contribution in [3.05, 3.63) is 18.1 Å². The standard InChI is InChI=1S/C15H18F5N3O2/c1-9(15(18,19)20)25-12-6-11(22-8-23-12)7-21-13(24)10-2-4-14(16,17)5-3-10/h6,8-10H,2-5,7H2,1H3,(H,21,24)/t9-/m1/s1. The molecule has 0 unspecified atom stereocenters. The molecule has 0 aliphatic heterocycles. The van der Waals surface area contributed by atoms with Crippen molar-refractivity contribution in [2.24, 2.45) is 5.92 Å². The number of ether oxygens (including phenoxy) is 1. The Hall–Kier alpha value is -2.00. The van der Waals surface area contributed by atoms with Gasteiger partial charge in [0.15, 0.2) is 6.10 Å². The second-order valence-electron chi connectivity index (χ2n) is 6.00. The molecule has 1 aromatic rings. The summed E-state index contributed by atoms with van der Waals surface area (Å²) >= 11 is 0. The fraction of sp³-hybridized carbons (Fsp3) is 0.667. The molecule has 1 saturated carbocycles. The van der Waals surface area contributed by atoms with Crippen LogP contribution in [0.4, 0.5) is 22.0 Å². The maximum absolute atomic E-state index is 13.1. The molecular weight excluding hydrogens is 349 g/mol. The van der Waals surface area contributed by atoms with Crippen molar-refractivity contribution in [2.45, 2.75) is 57.4 Å². The number of halogens is 5. The number of carbonyl (C=O) groups is 1. The third-order valence-electron chi connectivity index (χ3n) is 3.99. The van der Waals surface area contributed by atoms with Gasteiger partial charge in [-0.2, -0.15) is 13.2 Å². The number of aromatic nitrogens is 2. The third-order valence-corrected chi connectivity index (χ3v) is 3.99. The molecule has 1 aromatic heterocycles. The smallest absolute Gasteiger partial charge is 0.425 e. The van der Waals surface area contributed by atoms with Gasteiger partial charge in [0.2, 0.25) is 17.7 Å². The van der Waals surface area contributed by atoms with E-state index in [0.717, 1.165) is 13.3 Å². The Morgan fingerprint density at radius 1 is 1.36 bits per heavy atom. The van der Waals surface area contributed by atoms with Crippen LogP contribution in [-0.2, 0) is 11.3 Å². The number of carbonyl (C=O) groups excluding carboxylic acids is 1. The first-order valence-corrected chi connectivity index (χ1v) is 7.77. The zero-order valence-electron chi connectivity index (χ0n) is 13.4. The van der Waals surface area contributed by atoms with Gasteiger partial charge in [0, 0.05) is 24.8 Å². The topological polar surface area (TPSA) is 64.1 Å². The highest BCUT2D eigenvalue weighted by molar-refractivity contribution is 5.78. The van der Waals surface area contributed by atoms with Crippen LogP contribution in [0.3, 0.4) is 0 Å². The highest BCUT2D eigenvalue weighted by atomic mass is 19.4. The van der Waals surface area contributed by atoms with Gasteiger partial charge in [0.1, 0.15) is 6.33 Å². The van der Waals surface area contributed by atoms with E-state index in [-0.39, 0.29) is 49.7 Å². The summed E-state index contributed by atoms with van der Waals surface area (Å²) in [5.74, 6) is -3.85. The lowest BCUT2D eigenvalue weighted by Crippen LogP contribution is -2.35. The molecule has 2 rings (SSSR count). The van der Waals surface area contributed by atoms with E-state index in [9.17, 15) is 26.7 Å². The van der Waals surface area contributed by atoms with Crippen LogP contribution in [0.25, 0.3) is 0 Å². The van der Waals surface area contributed by atoms with Crippen LogP contribution >= 0.6 is 0 Å². The van der Waals surface area contributed by atoms with E-state index in [1.54, 1.807) is 0 Å². The molecule has 1 aliphatic carbocycles. The summed E-state index contributed by atoms with van der Waals surface area (Å²) in [6, 6.07) is 1.19. The number of hydrogen-bond acceptors (Lipinski definition) is 4. The summed E-state index contributed by atoms with van der Waals surface area (Å²) in [4.78, 5) is 19.4. The zero-order valence-corrected chi connectivity index (χ0v) is 13.4. The fourth-order valence-corrected chi connectivity index (χ4v) is 2.41. The molecule has 1 amide bonds. The Bertz CT molecular complexity index is 599. The van der Waals surface area contributed by atoms with E-state index in [1.165, 1.54) is 6.07 Å². The number of alkyl halides is 5. The number of hydrogen-bond donors (Lipinski definition) is 1. The summed E-state index contributed by atoms with van der Waals surface area (Å²) in [7, 11) is 0. The lowest BCUT2D eigenvalue weighted by atomic mass is 9.86. The van der Waals surface area contributed by atoms with Crippen molar-refractivity contribution in [2.75, 3.05) is 0 Å². The van der Waals surface area contributed by atoms with Crippen molar-refractivity contribution in [3.63, 3.8) is 0 Å². The summed E-state index contributed by atoms with van der Waals surface area (Å²) in [6.45, 7) is 0.799. The molecule has 5 nitrogen and oxygen atoms in total. The monoisotopic (exact) mass is 367 g/mol. The number of amides is 1. The molecule has 0 aromatic carbocycles. The third kappa shape index (κ3) is 5.79. The lowest BCUT2D eigenvalue weighted by molar-refractivity contribution is -0.190. The van der Waals surface area contributed by atoms with Crippen LogP contribution in [0, 0.1) is 5.92 Å². The molecule has 1 fully saturated rings. The van der Waals surface area contributed by atoms with Gasteiger partial charge in [-0.1, -0.05) is 0 Å². The first-order valence-electron chi connectivity index (χ1n) is 7.77. The van der Waals surface area contributed by atoms with Crippen LogP contribution < -0.4 is 10.1 Å². The maximum Gasteiger partial charge on any atom is 0.425 e. The number of rotatable bonds is 5. The molecule has 1 heterocycles. The quantitative estimate of drug-likeness (QED) is 0.812. The molecule has 140 valence electrons. The van der Waals surface area contributed by atoms with Gasteiger partial charge >= 0.3 is 6.18 Å². The van der Waals surface area contributed by atoms with Crippen molar-refractivity contribution in [1.82, 2.24) is 15.3 Å². The second-order valence-corrected chi connectivity index (χ2v) is 6.00. The summed E-state index contributed by atoms with van der Waals surface area (Å²) in [5.41, 5.74) is 0.258. The molecule has 0 spiro atoms. The molecule has 1 atom stereocenters. The van der Waals surface area contributed by atoms with E-state index < -0.39 is 24.1 Å². The van der Waals surface area contributed by atoms with Gasteiger partial charge in [0.25, 0.3) is 0 Å². The lowest BCUT2D eigenvalue weighted by Gasteiger charge is -2.27. The molecular formula is C15H18F5N3O2. The molecule has 10 heteroatoms. The zero-order chi connectivity index (χ0) is 18.7. The average molecular weight is 367 g/mol. The van der Waals surface area contributed by atoms with Crippen LogP contribution in [-0.4, -0.2) is 34.1 Å². The minimum atomic E-state index is -4.53. The van der Waals surface area contributed by atoms with Gasteiger partial charge in [-0.15, -0.1) is 0 Å². The molecule has 1 aliphatic rings. The van der Waals surface area contributed by atoms with E-state index in [2.05, 4.69) is 15.3 Å². The first kappa shape index (κ1) is 19.3. The van der Waals surface area contributed by atoms with Crippen LogP contribution in [0.5, 0.6) is 5.88 Å². The predicted molar refractivity (Wildman–Crippen MR) is 76.9 cm³/mol. The van der Waals surface area contributed by atoms with Crippen molar-refractivity contribution in [3.8, 4) is 5.88 Å². The maximum atomic E-state index is 13.1. The number of nitrogens with one attached hydrogen (secondary N) is 1. The summed E-state index contributed by atoms with van der Waals surface area (Å²) < 4.78 is 68.3. The van der Waals surface area contributed by atoms with Gasteiger partial charge in [-0.05, 0) is 19.8 Å². The van der Waals surface area contributed by atoms with E-state index >= 15 is 0 Å². The van der Waals surface area contributed by atoms with Gasteiger partial charge in [-0.3, -0.25) is 4.79 Å². The minimum Gasteiger partial charge on any atom is -0.465 e. The van der Waals surface area contributed by atoms with Gasteiger partial charge < -0.3 is 10.1 Å². The van der Waals surface area contributed by atoms with Crippen molar-refractivity contribution in [1.29, 1.82) is 0 Å². The van der Waals surface area contributed by atoms with Crippen LogP contribution in [0.15, 0.2) is 12.4 Å². The van der Waals surface area contributed by atoms with Gasteiger partial charge in [0.05, 0.1) is 12.2 Å². The van der Waals surface area contributed by atoms with E-state index in [1.807, 2.05) is 0 Å². The Morgan fingerprint density at radius 2 is 2.00 bits per heavy atom. The Balaban J connectivity index is 1.87. The van der Waals surface area contributed by atoms with Crippen LogP contribution in [0.2, 0.25) is 0 Å². The number of nitrogens with zero attached hydrogens (tertiary/aromatic N) is 2. The molecule has 25 heavy (non-hydrogen) atoms. The van der Waals surface area contributed by atoms with Gasteiger partial charge in [-0.25, -0.2) is 18.7 Å². The first-order chi connectivity index (χ1) is 11.6. The minimum absolute atomic E-state index is 0.0506. The Kier molecular flexibility index (Phi) is 5.79. The van der Waals surface area contributed by atoms with Crippen LogP contribution in [0.1, 0.15) is 38.3 Å². The molecule has 1 N–H and O–H groups in total. The second kappa shape index (κ2) is 7.49. The predicted octanol–water partition coefficient (Wildman–Crippen LogP) is 3.25.